The molecule has 0 fully saturated rings. The summed E-state index contributed by atoms with van der Waals surface area (Å²) in [5.41, 5.74) is 0.247. The fourth-order valence-electron chi connectivity index (χ4n) is 1.70. The lowest BCUT2D eigenvalue weighted by Crippen LogP contribution is -2.15. The zero-order chi connectivity index (χ0) is 15.6. The first kappa shape index (κ1) is 15.0. The molecule has 110 valence electrons. The second kappa shape index (κ2) is 5.53. The van der Waals surface area contributed by atoms with Gasteiger partial charge in [-0.2, -0.15) is 0 Å². The smallest absolute Gasteiger partial charge is 0.337 e. The summed E-state index contributed by atoms with van der Waals surface area (Å²) >= 11 is 0. The molecule has 2 N–H and O–H groups in total. The van der Waals surface area contributed by atoms with Crippen LogP contribution in [0.4, 0.5) is 10.1 Å². The quantitative estimate of drug-likeness (QED) is 0.909. The standard InChI is InChI=1S/C14H12FNO4S/c1-9-2-5-11(6-3-9)21(19,20)16-13-7-4-10(15)8-12(13)14(17)18/h2-8,16H,1H3,(H,17,18). The van der Waals surface area contributed by atoms with E-state index in [-0.39, 0.29) is 10.6 Å². The van der Waals surface area contributed by atoms with Gasteiger partial charge in [0.25, 0.3) is 10.0 Å². The molecule has 0 saturated carbocycles. The van der Waals surface area contributed by atoms with Crippen molar-refractivity contribution in [2.24, 2.45) is 0 Å². The third kappa shape index (κ3) is 3.38. The first-order valence-electron chi connectivity index (χ1n) is 5.92. The molecule has 0 atom stereocenters. The molecule has 2 aromatic carbocycles. The van der Waals surface area contributed by atoms with E-state index in [0.717, 1.165) is 23.8 Å². The van der Waals surface area contributed by atoms with Crippen molar-refractivity contribution >= 4 is 21.7 Å². The molecule has 0 aliphatic rings. The van der Waals surface area contributed by atoms with E-state index in [4.69, 9.17) is 5.11 Å². The van der Waals surface area contributed by atoms with E-state index < -0.39 is 27.4 Å². The lowest BCUT2D eigenvalue weighted by atomic mass is 10.2. The number of benzene rings is 2. The van der Waals surface area contributed by atoms with E-state index in [1.807, 2.05) is 6.92 Å². The van der Waals surface area contributed by atoms with Crippen molar-refractivity contribution in [2.75, 3.05) is 4.72 Å². The number of nitrogens with one attached hydrogen (secondary N) is 1. The van der Waals surface area contributed by atoms with Crippen LogP contribution in [0.15, 0.2) is 47.4 Å². The van der Waals surface area contributed by atoms with E-state index >= 15 is 0 Å². The first-order valence-corrected chi connectivity index (χ1v) is 7.40. The van der Waals surface area contributed by atoms with Crippen LogP contribution in [0.2, 0.25) is 0 Å². The summed E-state index contributed by atoms with van der Waals surface area (Å²) in [4.78, 5) is 11.0. The molecule has 0 aliphatic heterocycles. The number of halogens is 1. The Labute approximate surface area is 121 Å². The molecule has 0 aromatic heterocycles. The number of sulfonamides is 1. The Hall–Kier alpha value is -2.41. The minimum absolute atomic E-state index is 0.00577. The van der Waals surface area contributed by atoms with Crippen LogP contribution in [0.3, 0.4) is 0 Å². The van der Waals surface area contributed by atoms with Crippen molar-refractivity contribution in [2.45, 2.75) is 11.8 Å². The van der Waals surface area contributed by atoms with Crippen molar-refractivity contribution in [1.29, 1.82) is 0 Å². The number of hydrogen-bond donors (Lipinski definition) is 2. The minimum Gasteiger partial charge on any atom is -0.478 e. The summed E-state index contributed by atoms with van der Waals surface area (Å²) in [5.74, 6) is -2.18. The Bertz CT molecular complexity index is 785. The normalized spacial score (nSPS) is 11.1. The van der Waals surface area contributed by atoms with E-state index in [0.29, 0.717) is 0 Å². The van der Waals surface area contributed by atoms with Crippen LogP contribution in [0.25, 0.3) is 0 Å². The molecule has 0 spiro atoms. The van der Waals surface area contributed by atoms with Gasteiger partial charge in [0.15, 0.2) is 0 Å². The maximum absolute atomic E-state index is 13.1. The number of aromatic carboxylic acids is 1. The van der Waals surface area contributed by atoms with Gasteiger partial charge in [-0.3, -0.25) is 4.72 Å². The van der Waals surface area contributed by atoms with Gasteiger partial charge in [0.1, 0.15) is 5.82 Å². The van der Waals surface area contributed by atoms with Crippen LogP contribution in [0, 0.1) is 12.7 Å². The highest BCUT2D eigenvalue weighted by Crippen LogP contribution is 2.21. The Morgan fingerprint density at radius 2 is 1.76 bits per heavy atom. The molecule has 2 aromatic rings. The van der Waals surface area contributed by atoms with Gasteiger partial charge in [-0.15, -0.1) is 0 Å². The Balaban J connectivity index is 2.41. The monoisotopic (exact) mass is 309 g/mol. The van der Waals surface area contributed by atoms with Crippen LogP contribution < -0.4 is 4.72 Å². The molecule has 21 heavy (non-hydrogen) atoms. The van der Waals surface area contributed by atoms with Crippen LogP contribution in [0.1, 0.15) is 15.9 Å². The Morgan fingerprint density at radius 1 is 1.14 bits per heavy atom. The van der Waals surface area contributed by atoms with Gasteiger partial charge in [-0.05, 0) is 37.3 Å². The van der Waals surface area contributed by atoms with E-state index in [1.165, 1.54) is 12.1 Å². The fraction of sp³-hybridized carbons (Fsp3) is 0.0714. The maximum Gasteiger partial charge on any atom is 0.337 e. The number of carboxylic acids is 1. The van der Waals surface area contributed by atoms with Gasteiger partial charge in [0, 0.05) is 0 Å². The fourth-order valence-corrected chi connectivity index (χ4v) is 2.78. The molecule has 0 saturated heterocycles. The van der Waals surface area contributed by atoms with E-state index in [1.54, 1.807) is 12.1 Å². The average molecular weight is 309 g/mol. The van der Waals surface area contributed by atoms with Crippen LogP contribution in [0.5, 0.6) is 0 Å². The second-order valence-corrected chi connectivity index (χ2v) is 6.10. The zero-order valence-corrected chi connectivity index (χ0v) is 11.8. The molecule has 0 bridgehead atoms. The summed E-state index contributed by atoms with van der Waals surface area (Å²) in [6.07, 6.45) is 0. The van der Waals surface area contributed by atoms with Crippen molar-refractivity contribution in [3.05, 3.63) is 59.4 Å². The van der Waals surface area contributed by atoms with Crippen molar-refractivity contribution < 1.29 is 22.7 Å². The predicted molar refractivity (Wildman–Crippen MR) is 75.3 cm³/mol. The number of rotatable bonds is 4. The molecule has 0 unspecified atom stereocenters. The predicted octanol–water partition coefficient (Wildman–Crippen LogP) is 2.63. The molecule has 0 heterocycles. The highest BCUT2D eigenvalue weighted by Gasteiger charge is 2.18. The summed E-state index contributed by atoms with van der Waals surface area (Å²) in [5, 5.41) is 8.99. The summed E-state index contributed by atoms with van der Waals surface area (Å²) < 4.78 is 39.6. The van der Waals surface area contributed by atoms with Gasteiger partial charge < -0.3 is 5.11 Å². The third-order valence-electron chi connectivity index (χ3n) is 2.79. The van der Waals surface area contributed by atoms with Crippen molar-refractivity contribution in [1.82, 2.24) is 0 Å². The minimum atomic E-state index is -3.93. The van der Waals surface area contributed by atoms with Crippen molar-refractivity contribution in [3.8, 4) is 0 Å². The zero-order valence-electron chi connectivity index (χ0n) is 11.0. The van der Waals surface area contributed by atoms with Gasteiger partial charge in [0.05, 0.1) is 16.1 Å². The van der Waals surface area contributed by atoms with Crippen LogP contribution in [-0.4, -0.2) is 19.5 Å². The highest BCUT2D eigenvalue weighted by molar-refractivity contribution is 7.92. The molecule has 5 nitrogen and oxygen atoms in total. The lowest BCUT2D eigenvalue weighted by Gasteiger charge is -2.10. The number of carboxylic acid groups (broad SMARTS) is 1. The first-order chi connectivity index (χ1) is 9.79. The topological polar surface area (TPSA) is 83.5 Å². The molecule has 7 heteroatoms. The van der Waals surface area contributed by atoms with Crippen LogP contribution in [-0.2, 0) is 10.0 Å². The average Bonchev–Trinajstić information content (AvgIpc) is 2.41. The summed E-state index contributed by atoms with van der Waals surface area (Å²) in [6.45, 7) is 1.81. The molecule has 0 radical (unpaired) electrons. The Kier molecular flexibility index (Phi) is 3.95. The molecular formula is C14H12FNO4S. The maximum atomic E-state index is 13.1. The second-order valence-electron chi connectivity index (χ2n) is 4.41. The van der Waals surface area contributed by atoms with Crippen LogP contribution >= 0.6 is 0 Å². The van der Waals surface area contributed by atoms with E-state index in [9.17, 15) is 17.6 Å². The molecule has 0 amide bonds. The number of hydrogen-bond acceptors (Lipinski definition) is 3. The number of aryl methyl sites for hydroxylation is 1. The third-order valence-corrected chi connectivity index (χ3v) is 4.17. The van der Waals surface area contributed by atoms with Gasteiger partial charge in [-0.1, -0.05) is 17.7 Å². The summed E-state index contributed by atoms with van der Waals surface area (Å²) in [6, 6.07) is 8.87. The van der Waals surface area contributed by atoms with Gasteiger partial charge in [-0.25, -0.2) is 17.6 Å². The molecular weight excluding hydrogens is 297 g/mol. The largest absolute Gasteiger partial charge is 0.478 e. The van der Waals surface area contributed by atoms with Crippen molar-refractivity contribution in [3.63, 3.8) is 0 Å². The molecule has 0 aliphatic carbocycles. The summed E-state index contributed by atoms with van der Waals surface area (Å²) in [7, 11) is -3.93. The van der Waals surface area contributed by atoms with E-state index in [2.05, 4.69) is 4.72 Å². The Morgan fingerprint density at radius 3 is 2.33 bits per heavy atom. The number of carbonyl (C=O) groups is 1. The molecule has 2 rings (SSSR count). The van der Waals surface area contributed by atoms with Gasteiger partial charge >= 0.3 is 5.97 Å². The number of anilines is 1. The van der Waals surface area contributed by atoms with Gasteiger partial charge in [0.2, 0.25) is 0 Å². The lowest BCUT2D eigenvalue weighted by molar-refractivity contribution is 0.0697. The highest BCUT2D eigenvalue weighted by atomic mass is 32.2. The SMILES string of the molecule is Cc1ccc(S(=O)(=O)Nc2ccc(F)cc2C(=O)O)cc1.